The smallest absolute Gasteiger partial charge is 0.129 e. The van der Waals surface area contributed by atoms with Crippen LogP contribution >= 0.6 is 0 Å². The molecule has 0 amide bonds. The van der Waals surface area contributed by atoms with E-state index in [4.69, 9.17) is 4.74 Å². The Balaban J connectivity index is 1.86. The third-order valence-electron chi connectivity index (χ3n) is 3.53. The predicted octanol–water partition coefficient (Wildman–Crippen LogP) is 3.18. The highest BCUT2D eigenvalue weighted by Gasteiger charge is 2.21. The number of hydrogen-bond donors (Lipinski definition) is 1. The Labute approximate surface area is 115 Å². The van der Waals surface area contributed by atoms with Gasteiger partial charge in [0.25, 0.3) is 0 Å². The van der Waals surface area contributed by atoms with Gasteiger partial charge in [0.05, 0.1) is 12.7 Å². The summed E-state index contributed by atoms with van der Waals surface area (Å²) in [5.41, 5.74) is 2.00. The van der Waals surface area contributed by atoms with Crippen molar-refractivity contribution >= 4 is 0 Å². The van der Waals surface area contributed by atoms with Gasteiger partial charge in [0.2, 0.25) is 0 Å². The number of benzene rings is 2. The number of rotatable bonds is 3. The lowest BCUT2D eigenvalue weighted by Crippen LogP contribution is -2.05. The fourth-order valence-electron chi connectivity index (χ4n) is 2.51. The quantitative estimate of drug-likeness (QED) is 0.933. The minimum absolute atomic E-state index is 0.0892. The van der Waals surface area contributed by atoms with Crippen LogP contribution in [0.4, 0.5) is 8.78 Å². The number of halogens is 2. The summed E-state index contributed by atoms with van der Waals surface area (Å²) in [5.74, 6) is -0.565. The zero-order valence-electron chi connectivity index (χ0n) is 10.8. The molecule has 0 radical (unpaired) electrons. The van der Waals surface area contributed by atoms with Gasteiger partial charge in [-0.3, -0.25) is 0 Å². The van der Waals surface area contributed by atoms with E-state index in [0.717, 1.165) is 18.1 Å². The van der Waals surface area contributed by atoms with Crippen LogP contribution in [0.25, 0.3) is 0 Å². The molecule has 0 bridgehead atoms. The molecule has 1 N–H and O–H groups in total. The molecule has 104 valence electrons. The lowest BCUT2D eigenvalue weighted by Gasteiger charge is -2.15. The van der Waals surface area contributed by atoms with Crippen LogP contribution in [-0.2, 0) is 12.8 Å². The maximum Gasteiger partial charge on any atom is 0.129 e. The lowest BCUT2D eigenvalue weighted by molar-refractivity contribution is 0.172. The van der Waals surface area contributed by atoms with E-state index in [1.165, 1.54) is 12.1 Å². The molecule has 0 spiro atoms. The van der Waals surface area contributed by atoms with Gasteiger partial charge in [0.1, 0.15) is 17.4 Å². The monoisotopic (exact) mass is 276 g/mol. The Hall–Kier alpha value is -1.94. The number of hydrogen-bond acceptors (Lipinski definition) is 2. The van der Waals surface area contributed by atoms with Crippen molar-refractivity contribution in [2.45, 2.75) is 18.9 Å². The molecule has 4 heteroatoms. The van der Waals surface area contributed by atoms with Crippen LogP contribution in [0.1, 0.15) is 22.8 Å². The van der Waals surface area contributed by atoms with Crippen LogP contribution < -0.4 is 4.74 Å². The first kappa shape index (κ1) is 13.1. The van der Waals surface area contributed by atoms with Gasteiger partial charge in [0.15, 0.2) is 0 Å². The Morgan fingerprint density at radius 1 is 1.20 bits per heavy atom. The average molecular weight is 276 g/mol. The van der Waals surface area contributed by atoms with Crippen LogP contribution in [0.5, 0.6) is 5.75 Å². The van der Waals surface area contributed by atoms with Crippen LogP contribution in [0, 0.1) is 11.6 Å². The van der Waals surface area contributed by atoms with Crippen molar-refractivity contribution in [3.05, 3.63) is 64.7 Å². The molecule has 0 fully saturated rings. The maximum atomic E-state index is 13.6. The van der Waals surface area contributed by atoms with Crippen molar-refractivity contribution in [1.82, 2.24) is 0 Å². The molecule has 1 aliphatic rings. The van der Waals surface area contributed by atoms with E-state index in [2.05, 4.69) is 0 Å². The molecule has 2 aromatic rings. The van der Waals surface area contributed by atoms with Crippen molar-refractivity contribution in [2.24, 2.45) is 0 Å². The summed E-state index contributed by atoms with van der Waals surface area (Å²) in [5, 5.41) is 10.3. The summed E-state index contributed by atoms with van der Waals surface area (Å²) in [4.78, 5) is 0. The maximum absolute atomic E-state index is 13.6. The van der Waals surface area contributed by atoms with E-state index in [9.17, 15) is 13.9 Å². The standard InChI is InChI=1S/C16H14F2O2/c17-12-5-4-11(14(18)9-12)8-15(19)13-3-1-2-10-6-7-20-16(10)13/h1-5,9,15,19H,6-8H2. The first-order valence-corrected chi connectivity index (χ1v) is 6.52. The van der Waals surface area contributed by atoms with E-state index < -0.39 is 17.7 Å². The Morgan fingerprint density at radius 3 is 2.85 bits per heavy atom. The highest BCUT2D eigenvalue weighted by molar-refractivity contribution is 5.45. The molecular formula is C16H14F2O2. The molecule has 1 atom stereocenters. The van der Waals surface area contributed by atoms with Crippen molar-refractivity contribution in [3.63, 3.8) is 0 Å². The number of ether oxygens (including phenoxy) is 1. The van der Waals surface area contributed by atoms with Crippen LogP contribution in [0.2, 0.25) is 0 Å². The Kier molecular flexibility index (Phi) is 3.40. The lowest BCUT2D eigenvalue weighted by atomic mass is 9.98. The fraction of sp³-hybridized carbons (Fsp3) is 0.250. The molecule has 0 saturated carbocycles. The number of para-hydroxylation sites is 1. The summed E-state index contributed by atoms with van der Waals surface area (Å²) in [7, 11) is 0. The van der Waals surface area contributed by atoms with Gasteiger partial charge in [-0.15, -0.1) is 0 Å². The largest absolute Gasteiger partial charge is 0.493 e. The Bertz CT molecular complexity index is 640. The zero-order chi connectivity index (χ0) is 14.1. The summed E-state index contributed by atoms with van der Waals surface area (Å²) >= 11 is 0. The number of fused-ring (bicyclic) bond motifs is 1. The van der Waals surface area contributed by atoms with Crippen molar-refractivity contribution < 1.29 is 18.6 Å². The molecular weight excluding hydrogens is 262 g/mol. The third kappa shape index (κ3) is 2.39. The zero-order valence-corrected chi connectivity index (χ0v) is 10.8. The Morgan fingerprint density at radius 2 is 2.05 bits per heavy atom. The van der Waals surface area contributed by atoms with E-state index in [0.29, 0.717) is 17.9 Å². The molecule has 20 heavy (non-hydrogen) atoms. The molecule has 0 aromatic heterocycles. The van der Waals surface area contributed by atoms with Gasteiger partial charge in [0, 0.05) is 24.5 Å². The molecule has 1 unspecified atom stereocenters. The number of aliphatic hydroxyl groups excluding tert-OH is 1. The third-order valence-corrected chi connectivity index (χ3v) is 3.53. The van der Waals surface area contributed by atoms with E-state index in [-0.39, 0.29) is 12.0 Å². The second-order valence-electron chi connectivity index (χ2n) is 4.89. The van der Waals surface area contributed by atoms with Crippen LogP contribution in [0.15, 0.2) is 36.4 Å². The second-order valence-corrected chi connectivity index (χ2v) is 4.89. The van der Waals surface area contributed by atoms with Gasteiger partial charge >= 0.3 is 0 Å². The highest BCUT2D eigenvalue weighted by Crippen LogP contribution is 2.34. The first-order valence-electron chi connectivity index (χ1n) is 6.52. The van der Waals surface area contributed by atoms with Gasteiger partial charge < -0.3 is 9.84 Å². The molecule has 2 nitrogen and oxygen atoms in total. The molecule has 0 aliphatic carbocycles. The van der Waals surface area contributed by atoms with Crippen molar-refractivity contribution in [2.75, 3.05) is 6.61 Å². The number of aliphatic hydroxyl groups is 1. The van der Waals surface area contributed by atoms with Crippen LogP contribution in [-0.4, -0.2) is 11.7 Å². The van der Waals surface area contributed by atoms with E-state index in [1.807, 2.05) is 12.1 Å². The molecule has 1 aliphatic heterocycles. The summed E-state index contributed by atoms with van der Waals surface area (Å²) in [6, 6.07) is 8.96. The van der Waals surface area contributed by atoms with E-state index in [1.54, 1.807) is 6.07 Å². The minimum atomic E-state index is -0.872. The SMILES string of the molecule is OC(Cc1ccc(F)cc1F)c1cccc2c1OCC2. The topological polar surface area (TPSA) is 29.5 Å². The summed E-state index contributed by atoms with van der Waals surface area (Å²) in [6.45, 7) is 0.601. The normalized spacial score (nSPS) is 14.8. The van der Waals surface area contributed by atoms with Crippen molar-refractivity contribution in [3.8, 4) is 5.75 Å². The molecule has 2 aromatic carbocycles. The summed E-state index contributed by atoms with van der Waals surface area (Å²) in [6.07, 6.45) is 0.0372. The fourth-order valence-corrected chi connectivity index (χ4v) is 2.51. The van der Waals surface area contributed by atoms with Gasteiger partial charge in [-0.2, -0.15) is 0 Å². The second kappa shape index (κ2) is 5.21. The minimum Gasteiger partial charge on any atom is -0.493 e. The van der Waals surface area contributed by atoms with Gasteiger partial charge in [-0.05, 0) is 17.2 Å². The van der Waals surface area contributed by atoms with Crippen LogP contribution in [0.3, 0.4) is 0 Å². The predicted molar refractivity (Wildman–Crippen MR) is 70.7 cm³/mol. The van der Waals surface area contributed by atoms with Gasteiger partial charge in [-0.1, -0.05) is 24.3 Å². The average Bonchev–Trinajstić information content (AvgIpc) is 2.90. The van der Waals surface area contributed by atoms with Gasteiger partial charge in [-0.25, -0.2) is 8.78 Å². The summed E-state index contributed by atoms with van der Waals surface area (Å²) < 4.78 is 32.0. The van der Waals surface area contributed by atoms with Crippen molar-refractivity contribution in [1.29, 1.82) is 0 Å². The molecule has 3 rings (SSSR count). The highest BCUT2D eigenvalue weighted by atomic mass is 19.1. The molecule has 0 saturated heterocycles. The van der Waals surface area contributed by atoms with E-state index >= 15 is 0 Å². The first-order chi connectivity index (χ1) is 9.65. The molecule has 1 heterocycles.